The molecule has 0 saturated heterocycles. The van der Waals surface area contributed by atoms with Gasteiger partial charge in [-0.15, -0.1) is 0 Å². The molecule has 0 radical (unpaired) electrons. The fourth-order valence-corrected chi connectivity index (χ4v) is 0.711. The summed E-state index contributed by atoms with van der Waals surface area (Å²) in [4.78, 5) is 12.3. The fourth-order valence-electron chi connectivity index (χ4n) is 0.711. The minimum atomic E-state index is -0.635. The molecule has 4 heteroatoms. The quantitative estimate of drug-likeness (QED) is 0.455. The van der Waals surface area contributed by atoms with Gasteiger partial charge in [-0.05, 0) is 14.1 Å². The number of carbonyl (C=O) groups excluding carboxylic acids is 1. The monoisotopic (exact) mass is 173 g/mol. The van der Waals surface area contributed by atoms with E-state index in [1.807, 2.05) is 19.0 Å². The Morgan fingerprint density at radius 2 is 2.33 bits per heavy atom. The lowest BCUT2D eigenvalue weighted by Crippen LogP contribution is -2.30. The smallest absolute Gasteiger partial charge is 0.330 e. The van der Waals surface area contributed by atoms with Gasteiger partial charge in [-0.2, -0.15) is 0 Å². The number of rotatable bonds is 5. The molecule has 1 N–H and O–H groups in total. The summed E-state index contributed by atoms with van der Waals surface area (Å²) in [6.45, 7) is 3.73. The number of ether oxygens (including phenoxy) is 1. The third kappa shape index (κ3) is 5.88. The highest BCUT2D eigenvalue weighted by Crippen LogP contribution is 1.89. The van der Waals surface area contributed by atoms with Gasteiger partial charge in [0.05, 0.1) is 0 Å². The van der Waals surface area contributed by atoms with Crippen molar-refractivity contribution >= 4 is 5.97 Å². The molecule has 0 aromatic carbocycles. The van der Waals surface area contributed by atoms with Gasteiger partial charge in [0.15, 0.2) is 0 Å². The highest BCUT2D eigenvalue weighted by atomic mass is 16.5. The Hall–Kier alpha value is -0.870. The van der Waals surface area contributed by atoms with E-state index < -0.39 is 12.1 Å². The van der Waals surface area contributed by atoms with Crippen LogP contribution in [0.15, 0.2) is 12.7 Å². The average Bonchev–Trinajstić information content (AvgIpc) is 1.99. The molecule has 0 rings (SSSR count). The molecule has 0 heterocycles. The molecular weight excluding hydrogens is 158 g/mol. The predicted molar refractivity (Wildman–Crippen MR) is 45.7 cm³/mol. The van der Waals surface area contributed by atoms with Gasteiger partial charge in [-0.3, -0.25) is 0 Å². The third-order valence-electron chi connectivity index (χ3n) is 1.16. The van der Waals surface area contributed by atoms with Crippen LogP contribution in [-0.4, -0.2) is 49.3 Å². The molecule has 0 spiro atoms. The molecule has 0 amide bonds. The van der Waals surface area contributed by atoms with Crippen molar-refractivity contribution < 1.29 is 14.6 Å². The van der Waals surface area contributed by atoms with E-state index in [9.17, 15) is 9.90 Å². The minimum Gasteiger partial charge on any atom is -0.460 e. The van der Waals surface area contributed by atoms with Crippen molar-refractivity contribution in [2.24, 2.45) is 0 Å². The summed E-state index contributed by atoms with van der Waals surface area (Å²) in [5.41, 5.74) is 0. The summed E-state index contributed by atoms with van der Waals surface area (Å²) in [5, 5.41) is 9.21. The molecule has 12 heavy (non-hydrogen) atoms. The molecule has 4 nitrogen and oxygen atoms in total. The van der Waals surface area contributed by atoms with Crippen LogP contribution in [0.1, 0.15) is 0 Å². The summed E-state index contributed by atoms with van der Waals surface area (Å²) in [6.07, 6.45) is 0.437. The molecular formula is C8H15NO3. The normalized spacial score (nSPS) is 12.7. The fraction of sp³-hybridized carbons (Fsp3) is 0.625. The van der Waals surface area contributed by atoms with Crippen molar-refractivity contribution in [3.8, 4) is 0 Å². The van der Waals surface area contributed by atoms with Crippen molar-refractivity contribution in [3.63, 3.8) is 0 Å². The zero-order valence-electron chi connectivity index (χ0n) is 7.49. The molecule has 0 aliphatic heterocycles. The van der Waals surface area contributed by atoms with Gasteiger partial charge in [-0.25, -0.2) is 4.79 Å². The second-order valence-corrected chi connectivity index (χ2v) is 2.75. The largest absolute Gasteiger partial charge is 0.460 e. The van der Waals surface area contributed by atoms with E-state index in [0.29, 0.717) is 6.54 Å². The lowest BCUT2D eigenvalue weighted by molar-refractivity contribution is -0.140. The van der Waals surface area contributed by atoms with Crippen LogP contribution in [0, 0.1) is 0 Å². The topological polar surface area (TPSA) is 49.8 Å². The van der Waals surface area contributed by atoms with E-state index >= 15 is 0 Å². The van der Waals surface area contributed by atoms with E-state index in [1.54, 1.807) is 0 Å². The predicted octanol–water partition coefficient (Wildman–Crippen LogP) is -0.362. The van der Waals surface area contributed by atoms with Crippen LogP contribution in [0.3, 0.4) is 0 Å². The van der Waals surface area contributed by atoms with E-state index in [1.165, 1.54) is 0 Å². The first-order chi connectivity index (χ1) is 5.56. The summed E-state index contributed by atoms with van der Waals surface area (Å²) in [5.74, 6) is -0.507. The summed E-state index contributed by atoms with van der Waals surface area (Å²) in [7, 11) is 3.66. The number of hydrogen-bond acceptors (Lipinski definition) is 4. The van der Waals surface area contributed by atoms with Crippen LogP contribution >= 0.6 is 0 Å². The average molecular weight is 173 g/mol. The van der Waals surface area contributed by atoms with Gasteiger partial charge in [0.1, 0.15) is 12.7 Å². The van der Waals surface area contributed by atoms with Crippen LogP contribution in [0.5, 0.6) is 0 Å². The lowest BCUT2D eigenvalue weighted by Gasteiger charge is -2.15. The first kappa shape index (κ1) is 11.1. The van der Waals surface area contributed by atoms with Gasteiger partial charge in [0.2, 0.25) is 0 Å². The Morgan fingerprint density at radius 1 is 1.75 bits per heavy atom. The summed E-state index contributed by atoms with van der Waals surface area (Å²) in [6, 6.07) is 0. The Kier molecular flexibility index (Phi) is 5.32. The first-order valence-electron chi connectivity index (χ1n) is 3.68. The van der Waals surface area contributed by atoms with Crippen molar-refractivity contribution in [2.45, 2.75) is 6.10 Å². The number of aliphatic hydroxyl groups excluding tert-OH is 1. The van der Waals surface area contributed by atoms with Crippen LogP contribution < -0.4 is 0 Å². The van der Waals surface area contributed by atoms with Crippen LogP contribution in [0.2, 0.25) is 0 Å². The second kappa shape index (κ2) is 5.74. The number of carbonyl (C=O) groups is 1. The molecule has 0 aliphatic rings. The van der Waals surface area contributed by atoms with Gasteiger partial charge in [0, 0.05) is 12.6 Å². The number of likely N-dealkylation sites (N-methyl/N-ethyl adjacent to an activating group) is 1. The number of hydrogen-bond donors (Lipinski definition) is 1. The standard InChI is InChI=1S/C8H15NO3/c1-4-8(11)12-6-7(10)5-9(2)3/h4,7,10H,1,5-6H2,2-3H3. The SMILES string of the molecule is C=CC(=O)OCC(O)CN(C)C. The molecule has 0 aromatic rings. The molecule has 1 unspecified atom stereocenters. The highest BCUT2D eigenvalue weighted by Gasteiger charge is 2.07. The van der Waals surface area contributed by atoms with Crippen LogP contribution in [0.25, 0.3) is 0 Å². The minimum absolute atomic E-state index is 0.0169. The number of esters is 1. The van der Waals surface area contributed by atoms with Crippen molar-refractivity contribution in [3.05, 3.63) is 12.7 Å². The molecule has 0 aliphatic carbocycles. The van der Waals surface area contributed by atoms with E-state index in [-0.39, 0.29) is 6.61 Å². The van der Waals surface area contributed by atoms with Crippen molar-refractivity contribution in [2.75, 3.05) is 27.2 Å². The van der Waals surface area contributed by atoms with Gasteiger partial charge >= 0.3 is 5.97 Å². The molecule has 0 fully saturated rings. The molecule has 0 saturated carbocycles. The van der Waals surface area contributed by atoms with E-state index in [4.69, 9.17) is 0 Å². The van der Waals surface area contributed by atoms with Gasteiger partial charge < -0.3 is 14.7 Å². The number of aliphatic hydroxyl groups is 1. The molecule has 70 valence electrons. The first-order valence-corrected chi connectivity index (χ1v) is 3.68. The molecule has 1 atom stereocenters. The Bertz CT molecular complexity index is 156. The third-order valence-corrected chi connectivity index (χ3v) is 1.16. The maximum Gasteiger partial charge on any atom is 0.330 e. The maximum absolute atomic E-state index is 10.5. The van der Waals surface area contributed by atoms with Crippen LogP contribution in [-0.2, 0) is 9.53 Å². The molecule has 0 aromatic heterocycles. The van der Waals surface area contributed by atoms with Gasteiger partial charge in [0.25, 0.3) is 0 Å². The van der Waals surface area contributed by atoms with Crippen molar-refractivity contribution in [1.82, 2.24) is 4.90 Å². The zero-order valence-corrected chi connectivity index (χ0v) is 7.49. The van der Waals surface area contributed by atoms with Crippen LogP contribution in [0.4, 0.5) is 0 Å². The lowest BCUT2D eigenvalue weighted by atomic mass is 10.3. The Labute approximate surface area is 72.4 Å². The Morgan fingerprint density at radius 3 is 2.75 bits per heavy atom. The maximum atomic E-state index is 10.5. The Balaban J connectivity index is 3.49. The molecule has 0 bridgehead atoms. The van der Waals surface area contributed by atoms with Crippen molar-refractivity contribution in [1.29, 1.82) is 0 Å². The van der Waals surface area contributed by atoms with E-state index in [2.05, 4.69) is 11.3 Å². The zero-order chi connectivity index (χ0) is 9.56. The summed E-state index contributed by atoms with van der Waals surface area (Å²) < 4.78 is 4.62. The highest BCUT2D eigenvalue weighted by molar-refractivity contribution is 5.81. The second-order valence-electron chi connectivity index (χ2n) is 2.75. The van der Waals surface area contributed by atoms with Gasteiger partial charge in [-0.1, -0.05) is 6.58 Å². The summed E-state index contributed by atoms with van der Waals surface area (Å²) >= 11 is 0. The van der Waals surface area contributed by atoms with E-state index in [0.717, 1.165) is 6.08 Å². The number of nitrogens with zero attached hydrogens (tertiary/aromatic N) is 1.